The van der Waals surface area contributed by atoms with E-state index in [0.717, 1.165) is 10.9 Å². The molecule has 0 aliphatic carbocycles. The highest BCUT2D eigenvalue weighted by molar-refractivity contribution is 6.05. The second-order valence-corrected chi connectivity index (χ2v) is 4.40. The van der Waals surface area contributed by atoms with Crippen molar-refractivity contribution in [3.63, 3.8) is 0 Å². The monoisotopic (exact) mass is 262 g/mol. The summed E-state index contributed by atoms with van der Waals surface area (Å²) in [6.07, 6.45) is 1.73. The summed E-state index contributed by atoms with van der Waals surface area (Å²) in [7, 11) is 1.54. The summed E-state index contributed by atoms with van der Waals surface area (Å²) in [5, 5.41) is 13.3. The lowest BCUT2D eigenvalue weighted by molar-refractivity contribution is 0.0588. The van der Waals surface area contributed by atoms with Gasteiger partial charge in [-0.05, 0) is 18.6 Å². The third kappa shape index (κ3) is 3.33. The zero-order chi connectivity index (χ0) is 13.7. The molecule has 1 amide bonds. The quantitative estimate of drug-likeness (QED) is 0.734. The van der Waals surface area contributed by atoms with Crippen LogP contribution in [0.4, 0.5) is 0 Å². The number of aliphatic hydroxyl groups is 1. The lowest BCUT2D eigenvalue weighted by atomic mass is 10.1. The summed E-state index contributed by atoms with van der Waals surface area (Å²) in [4.78, 5) is 15.1. The van der Waals surface area contributed by atoms with E-state index in [2.05, 4.69) is 10.3 Å². The predicted molar refractivity (Wildman–Crippen MR) is 73.1 cm³/mol. The van der Waals surface area contributed by atoms with Gasteiger partial charge in [-0.25, -0.2) is 0 Å². The highest BCUT2D eigenvalue weighted by Gasteiger charge is 2.11. The van der Waals surface area contributed by atoms with Crippen molar-refractivity contribution in [2.24, 2.45) is 0 Å². The van der Waals surface area contributed by atoms with Gasteiger partial charge in [0.05, 0.1) is 23.8 Å². The molecule has 1 atom stereocenters. The summed E-state index contributed by atoms with van der Waals surface area (Å²) in [6, 6.07) is 7.50. The van der Waals surface area contributed by atoms with Crippen LogP contribution in [0.2, 0.25) is 0 Å². The molecule has 0 saturated carbocycles. The van der Waals surface area contributed by atoms with E-state index >= 15 is 0 Å². The number of hydrogen-bond acceptors (Lipinski definition) is 3. The van der Waals surface area contributed by atoms with E-state index in [9.17, 15) is 9.90 Å². The van der Waals surface area contributed by atoms with Crippen LogP contribution < -0.4 is 5.32 Å². The van der Waals surface area contributed by atoms with Crippen LogP contribution in [0.3, 0.4) is 0 Å². The molecule has 19 heavy (non-hydrogen) atoms. The normalized spacial score (nSPS) is 12.5. The van der Waals surface area contributed by atoms with Crippen LogP contribution in [0.25, 0.3) is 10.9 Å². The number of benzene rings is 1. The minimum atomic E-state index is -0.549. The topological polar surface area (TPSA) is 74.3 Å². The Hall–Kier alpha value is -1.85. The molecule has 0 spiro atoms. The zero-order valence-electron chi connectivity index (χ0n) is 10.8. The van der Waals surface area contributed by atoms with Crippen molar-refractivity contribution < 1.29 is 14.6 Å². The van der Waals surface area contributed by atoms with Crippen molar-refractivity contribution in [3.8, 4) is 0 Å². The molecule has 1 heterocycles. The van der Waals surface area contributed by atoms with E-state index in [1.807, 2.05) is 24.4 Å². The number of nitrogens with one attached hydrogen (secondary N) is 2. The molecule has 0 fully saturated rings. The Morgan fingerprint density at radius 2 is 2.32 bits per heavy atom. The van der Waals surface area contributed by atoms with Gasteiger partial charge in [-0.15, -0.1) is 0 Å². The standard InChI is InChI=1S/C14H18N2O3/c1-19-9-11(17)6-8-16-14(18)12-4-2-3-10-5-7-15-13(10)12/h2-5,7,11,15,17H,6,8-9H2,1H3,(H,16,18). The molecule has 0 bridgehead atoms. The SMILES string of the molecule is COCC(O)CCNC(=O)c1cccc2cc[nH]c12. The molecule has 1 aromatic carbocycles. The molecule has 3 N–H and O–H groups in total. The maximum atomic E-state index is 12.1. The van der Waals surface area contributed by atoms with E-state index < -0.39 is 6.10 Å². The van der Waals surface area contributed by atoms with E-state index in [4.69, 9.17) is 4.74 Å². The number of rotatable bonds is 6. The summed E-state index contributed by atoms with van der Waals surface area (Å²) >= 11 is 0. The molecule has 1 aromatic heterocycles. The fourth-order valence-corrected chi connectivity index (χ4v) is 2.00. The number of aromatic amines is 1. The minimum Gasteiger partial charge on any atom is -0.391 e. The van der Waals surface area contributed by atoms with Gasteiger partial charge in [0.15, 0.2) is 0 Å². The first-order chi connectivity index (χ1) is 9.22. The number of para-hydroxylation sites is 1. The van der Waals surface area contributed by atoms with Crippen LogP contribution >= 0.6 is 0 Å². The minimum absolute atomic E-state index is 0.141. The summed E-state index contributed by atoms with van der Waals surface area (Å²) in [5.41, 5.74) is 1.45. The molecule has 5 heteroatoms. The van der Waals surface area contributed by atoms with Gasteiger partial charge in [0, 0.05) is 25.2 Å². The van der Waals surface area contributed by atoms with E-state index in [1.54, 1.807) is 6.07 Å². The third-order valence-corrected chi connectivity index (χ3v) is 2.95. The molecule has 0 radical (unpaired) electrons. The Morgan fingerprint density at radius 3 is 3.11 bits per heavy atom. The Bertz CT molecular complexity index is 550. The summed E-state index contributed by atoms with van der Waals surface area (Å²) in [6.45, 7) is 0.697. The number of fused-ring (bicyclic) bond motifs is 1. The molecule has 0 aliphatic heterocycles. The first-order valence-electron chi connectivity index (χ1n) is 6.23. The number of amides is 1. The highest BCUT2D eigenvalue weighted by Crippen LogP contribution is 2.16. The maximum absolute atomic E-state index is 12.1. The van der Waals surface area contributed by atoms with Gasteiger partial charge in [0.2, 0.25) is 0 Å². The van der Waals surface area contributed by atoms with Gasteiger partial charge >= 0.3 is 0 Å². The lowest BCUT2D eigenvalue weighted by Crippen LogP contribution is -2.28. The fraction of sp³-hybridized carbons (Fsp3) is 0.357. The van der Waals surface area contributed by atoms with E-state index in [1.165, 1.54) is 7.11 Å². The molecule has 0 saturated heterocycles. The number of hydrogen-bond donors (Lipinski definition) is 3. The molecule has 0 aliphatic rings. The molecule has 5 nitrogen and oxygen atoms in total. The number of ether oxygens (including phenoxy) is 1. The van der Waals surface area contributed by atoms with Crippen molar-refractivity contribution in [2.45, 2.75) is 12.5 Å². The Labute approximate surface area is 111 Å². The maximum Gasteiger partial charge on any atom is 0.253 e. The van der Waals surface area contributed by atoms with Gasteiger partial charge in [-0.1, -0.05) is 12.1 Å². The van der Waals surface area contributed by atoms with Crippen LogP contribution in [-0.2, 0) is 4.74 Å². The third-order valence-electron chi connectivity index (χ3n) is 2.95. The Morgan fingerprint density at radius 1 is 1.47 bits per heavy atom. The molecular weight excluding hydrogens is 244 g/mol. The Kier molecular flexibility index (Phi) is 4.54. The van der Waals surface area contributed by atoms with Crippen molar-refractivity contribution >= 4 is 16.8 Å². The van der Waals surface area contributed by atoms with Crippen LogP contribution in [-0.4, -0.2) is 42.4 Å². The molecule has 1 unspecified atom stereocenters. The van der Waals surface area contributed by atoms with E-state index in [-0.39, 0.29) is 12.5 Å². The summed E-state index contributed by atoms with van der Waals surface area (Å²) < 4.78 is 4.83. The molecule has 2 rings (SSSR count). The second kappa shape index (κ2) is 6.36. The predicted octanol–water partition coefficient (Wildman–Crippen LogP) is 1.30. The number of carbonyl (C=O) groups excluding carboxylic acids is 1. The van der Waals surface area contributed by atoms with Crippen molar-refractivity contribution in [3.05, 3.63) is 36.0 Å². The van der Waals surface area contributed by atoms with Gasteiger partial charge in [0.1, 0.15) is 0 Å². The van der Waals surface area contributed by atoms with Crippen LogP contribution in [0.5, 0.6) is 0 Å². The van der Waals surface area contributed by atoms with Crippen LogP contribution in [0.1, 0.15) is 16.8 Å². The smallest absolute Gasteiger partial charge is 0.253 e. The van der Waals surface area contributed by atoms with Crippen molar-refractivity contribution in [2.75, 3.05) is 20.3 Å². The lowest BCUT2D eigenvalue weighted by Gasteiger charge is -2.10. The van der Waals surface area contributed by atoms with Gasteiger partial charge in [-0.3, -0.25) is 4.79 Å². The first-order valence-corrected chi connectivity index (χ1v) is 6.23. The number of H-pyrrole nitrogens is 1. The van der Waals surface area contributed by atoms with Crippen molar-refractivity contribution in [1.29, 1.82) is 0 Å². The number of aromatic nitrogens is 1. The first kappa shape index (κ1) is 13.6. The molecule has 102 valence electrons. The average molecular weight is 262 g/mol. The van der Waals surface area contributed by atoms with Gasteiger partial charge < -0.3 is 20.1 Å². The van der Waals surface area contributed by atoms with Crippen molar-refractivity contribution in [1.82, 2.24) is 10.3 Å². The van der Waals surface area contributed by atoms with Gasteiger partial charge in [-0.2, -0.15) is 0 Å². The fourth-order valence-electron chi connectivity index (χ4n) is 2.00. The molecular formula is C14H18N2O3. The Balaban J connectivity index is 1.95. The number of methoxy groups -OCH3 is 1. The van der Waals surface area contributed by atoms with Crippen LogP contribution in [0, 0.1) is 0 Å². The second-order valence-electron chi connectivity index (χ2n) is 4.40. The van der Waals surface area contributed by atoms with Gasteiger partial charge in [0.25, 0.3) is 5.91 Å². The highest BCUT2D eigenvalue weighted by atomic mass is 16.5. The van der Waals surface area contributed by atoms with Crippen LogP contribution in [0.15, 0.2) is 30.5 Å². The molecule has 2 aromatic rings. The summed E-state index contributed by atoms with van der Waals surface area (Å²) in [5.74, 6) is -0.141. The number of aliphatic hydroxyl groups excluding tert-OH is 1. The largest absolute Gasteiger partial charge is 0.391 e. The van der Waals surface area contributed by atoms with E-state index in [0.29, 0.717) is 18.5 Å². The zero-order valence-corrected chi connectivity index (χ0v) is 10.8. The number of carbonyl (C=O) groups is 1. The average Bonchev–Trinajstić information content (AvgIpc) is 2.86.